The van der Waals surface area contributed by atoms with E-state index in [9.17, 15) is 4.79 Å². The van der Waals surface area contributed by atoms with Gasteiger partial charge in [-0.05, 0) is 19.1 Å². The van der Waals surface area contributed by atoms with Gasteiger partial charge in [0.15, 0.2) is 0 Å². The molecule has 1 aromatic rings. The first-order valence-corrected chi connectivity index (χ1v) is 6.88. The van der Waals surface area contributed by atoms with Gasteiger partial charge in [-0.25, -0.2) is 4.98 Å². The number of rotatable bonds is 2. The van der Waals surface area contributed by atoms with E-state index in [4.69, 9.17) is 0 Å². The molecule has 0 unspecified atom stereocenters. The summed E-state index contributed by atoms with van der Waals surface area (Å²) in [5.41, 5.74) is 2.51. The lowest BCUT2D eigenvalue weighted by Crippen LogP contribution is -2.43. The van der Waals surface area contributed by atoms with Gasteiger partial charge < -0.3 is 15.5 Å². The van der Waals surface area contributed by atoms with Gasteiger partial charge in [0.25, 0.3) is 5.91 Å². The van der Waals surface area contributed by atoms with E-state index in [-0.39, 0.29) is 5.91 Å². The number of carbonyl (C=O) groups is 1. The van der Waals surface area contributed by atoms with Crippen LogP contribution in [0.4, 0.5) is 5.69 Å². The van der Waals surface area contributed by atoms with Crippen LogP contribution in [0.15, 0.2) is 12.1 Å². The molecule has 0 spiro atoms. The Bertz CT molecular complexity index is 414. The summed E-state index contributed by atoms with van der Waals surface area (Å²) in [6.45, 7) is 9.92. The molecule has 0 atom stereocenters. The van der Waals surface area contributed by atoms with Crippen molar-refractivity contribution in [3.8, 4) is 0 Å². The van der Waals surface area contributed by atoms with Gasteiger partial charge in [-0.15, -0.1) is 0 Å². The predicted octanol–water partition coefficient (Wildman–Crippen LogP) is 1.19. The van der Waals surface area contributed by atoms with E-state index in [1.54, 1.807) is 13.1 Å². The number of piperazine rings is 1. The van der Waals surface area contributed by atoms with Crippen LogP contribution >= 0.6 is 0 Å². The smallest absolute Gasteiger partial charge is 0.269 e. The summed E-state index contributed by atoms with van der Waals surface area (Å²) in [4.78, 5) is 18.1. The minimum Gasteiger partial charge on any atom is -0.368 e. The summed E-state index contributed by atoms with van der Waals surface area (Å²) < 4.78 is 0. The fourth-order valence-corrected chi connectivity index (χ4v) is 2.05. The third-order valence-electron chi connectivity index (χ3n) is 2.98. The summed E-state index contributed by atoms with van der Waals surface area (Å²) in [5.74, 6) is -0.139. The molecular weight excluding hydrogens is 240 g/mol. The number of carbonyl (C=O) groups excluding carboxylic acids is 1. The molecule has 1 aliphatic heterocycles. The van der Waals surface area contributed by atoms with Crippen LogP contribution in [0.2, 0.25) is 0 Å². The Labute approximate surface area is 115 Å². The molecule has 1 fully saturated rings. The number of amides is 1. The Kier molecular flexibility index (Phi) is 6.29. The number of anilines is 1. The lowest BCUT2D eigenvalue weighted by atomic mass is 10.2. The number of pyridine rings is 1. The van der Waals surface area contributed by atoms with Crippen molar-refractivity contribution in [2.45, 2.75) is 20.8 Å². The maximum Gasteiger partial charge on any atom is 0.269 e. The van der Waals surface area contributed by atoms with Crippen LogP contribution in [0.25, 0.3) is 0 Å². The molecule has 2 heterocycles. The number of nitrogens with one attached hydrogen (secondary N) is 2. The largest absolute Gasteiger partial charge is 0.368 e. The Morgan fingerprint density at radius 1 is 1.32 bits per heavy atom. The minimum absolute atomic E-state index is 0.139. The molecule has 1 aromatic heterocycles. The number of aryl methyl sites for hydroxylation is 1. The molecule has 5 nitrogen and oxygen atoms in total. The third kappa shape index (κ3) is 3.92. The summed E-state index contributed by atoms with van der Waals surface area (Å²) in [5, 5.41) is 5.90. The van der Waals surface area contributed by atoms with Crippen molar-refractivity contribution in [1.29, 1.82) is 0 Å². The lowest BCUT2D eigenvalue weighted by Gasteiger charge is -2.30. The highest BCUT2D eigenvalue weighted by atomic mass is 16.1. The zero-order chi connectivity index (χ0) is 14.3. The molecule has 19 heavy (non-hydrogen) atoms. The molecule has 0 saturated carbocycles. The summed E-state index contributed by atoms with van der Waals surface area (Å²) in [6, 6.07) is 3.77. The summed E-state index contributed by atoms with van der Waals surface area (Å²) >= 11 is 0. The SMILES string of the molecule is CC.CNC(=O)c1ccc(N2CCNCC2)c(C)n1. The van der Waals surface area contributed by atoms with Crippen molar-refractivity contribution in [3.05, 3.63) is 23.5 Å². The molecule has 0 radical (unpaired) electrons. The van der Waals surface area contributed by atoms with Crippen molar-refractivity contribution >= 4 is 11.6 Å². The first-order chi connectivity index (χ1) is 9.22. The molecule has 2 rings (SSSR count). The van der Waals surface area contributed by atoms with Crippen molar-refractivity contribution in [3.63, 3.8) is 0 Å². The second-order valence-electron chi connectivity index (χ2n) is 4.12. The maximum absolute atomic E-state index is 11.5. The van der Waals surface area contributed by atoms with E-state index in [0.29, 0.717) is 5.69 Å². The first-order valence-electron chi connectivity index (χ1n) is 6.88. The lowest BCUT2D eigenvalue weighted by molar-refractivity contribution is 0.0958. The van der Waals surface area contributed by atoms with Crippen LogP contribution < -0.4 is 15.5 Å². The molecule has 2 N–H and O–H groups in total. The second kappa shape index (κ2) is 7.74. The van der Waals surface area contributed by atoms with Gasteiger partial charge in [0.1, 0.15) is 5.69 Å². The Morgan fingerprint density at radius 3 is 2.47 bits per heavy atom. The number of nitrogens with zero attached hydrogens (tertiary/aromatic N) is 2. The minimum atomic E-state index is -0.139. The fourth-order valence-electron chi connectivity index (χ4n) is 2.05. The van der Waals surface area contributed by atoms with Gasteiger partial charge in [0, 0.05) is 33.2 Å². The van der Waals surface area contributed by atoms with E-state index >= 15 is 0 Å². The average molecular weight is 264 g/mol. The van der Waals surface area contributed by atoms with Gasteiger partial charge in [0.2, 0.25) is 0 Å². The highest BCUT2D eigenvalue weighted by Gasteiger charge is 2.14. The maximum atomic E-state index is 11.5. The number of aromatic nitrogens is 1. The van der Waals surface area contributed by atoms with Crippen molar-refractivity contribution < 1.29 is 4.79 Å². The van der Waals surface area contributed by atoms with Crippen LogP contribution in [0.1, 0.15) is 30.0 Å². The molecule has 106 valence electrons. The first kappa shape index (κ1) is 15.4. The van der Waals surface area contributed by atoms with Gasteiger partial charge in [-0.1, -0.05) is 13.8 Å². The summed E-state index contributed by atoms with van der Waals surface area (Å²) in [6.07, 6.45) is 0. The molecule has 1 saturated heterocycles. The molecule has 1 amide bonds. The van der Waals surface area contributed by atoms with Crippen molar-refractivity contribution in [2.75, 3.05) is 38.1 Å². The monoisotopic (exact) mass is 264 g/mol. The zero-order valence-electron chi connectivity index (χ0n) is 12.3. The quantitative estimate of drug-likeness (QED) is 0.842. The van der Waals surface area contributed by atoms with Crippen LogP contribution in [-0.4, -0.2) is 44.1 Å². The van der Waals surface area contributed by atoms with E-state index in [0.717, 1.165) is 37.6 Å². The topological polar surface area (TPSA) is 57.3 Å². The Balaban J connectivity index is 0.000000861. The van der Waals surface area contributed by atoms with Crippen LogP contribution in [0.5, 0.6) is 0 Å². The second-order valence-corrected chi connectivity index (χ2v) is 4.12. The number of hydrogen-bond donors (Lipinski definition) is 2. The molecule has 1 aliphatic rings. The van der Waals surface area contributed by atoms with Gasteiger partial charge in [0.05, 0.1) is 11.4 Å². The van der Waals surface area contributed by atoms with Gasteiger partial charge >= 0.3 is 0 Å². The molecule has 5 heteroatoms. The molecule has 0 aromatic carbocycles. The van der Waals surface area contributed by atoms with Crippen molar-refractivity contribution in [1.82, 2.24) is 15.6 Å². The van der Waals surface area contributed by atoms with Gasteiger partial charge in [-0.3, -0.25) is 4.79 Å². The number of hydrogen-bond acceptors (Lipinski definition) is 4. The molecule has 0 bridgehead atoms. The van der Waals surface area contributed by atoms with Crippen LogP contribution in [0, 0.1) is 6.92 Å². The fraction of sp³-hybridized carbons (Fsp3) is 0.571. The van der Waals surface area contributed by atoms with E-state index in [1.807, 2.05) is 26.8 Å². The van der Waals surface area contributed by atoms with E-state index in [2.05, 4.69) is 20.5 Å². The van der Waals surface area contributed by atoms with Gasteiger partial charge in [-0.2, -0.15) is 0 Å². The highest BCUT2D eigenvalue weighted by Crippen LogP contribution is 2.18. The van der Waals surface area contributed by atoms with E-state index < -0.39 is 0 Å². The standard InChI is InChI=1S/C12H18N4O.C2H6/c1-9-11(16-7-5-14-6-8-16)4-3-10(15-9)12(17)13-2;1-2/h3-4,14H,5-8H2,1-2H3,(H,13,17);1-2H3. The third-order valence-corrected chi connectivity index (χ3v) is 2.98. The average Bonchev–Trinajstić information content (AvgIpc) is 2.49. The molecule has 0 aliphatic carbocycles. The normalized spacial score (nSPS) is 14.4. The van der Waals surface area contributed by atoms with Crippen LogP contribution in [0.3, 0.4) is 0 Å². The Morgan fingerprint density at radius 2 is 1.95 bits per heavy atom. The van der Waals surface area contributed by atoms with Crippen LogP contribution in [-0.2, 0) is 0 Å². The van der Waals surface area contributed by atoms with E-state index in [1.165, 1.54) is 0 Å². The molecular formula is C14H24N4O. The van der Waals surface area contributed by atoms with Crippen molar-refractivity contribution in [2.24, 2.45) is 0 Å². The zero-order valence-corrected chi connectivity index (χ0v) is 12.3. The summed E-state index contributed by atoms with van der Waals surface area (Å²) in [7, 11) is 1.61. The predicted molar refractivity (Wildman–Crippen MR) is 78.8 cm³/mol. The highest BCUT2D eigenvalue weighted by molar-refractivity contribution is 5.92. The Hall–Kier alpha value is -1.62.